The van der Waals surface area contributed by atoms with Gasteiger partial charge in [-0.2, -0.15) is 4.98 Å². The van der Waals surface area contributed by atoms with E-state index in [0.717, 1.165) is 5.56 Å². The first-order chi connectivity index (χ1) is 8.88. The molecule has 3 aromatic rings. The standard InChI is InChI=1S/C12H11N5O/c1-18-12-10-11(13-8-14-12)17(16-15-10)7-9-5-3-2-4-6-9/h2-6,8H,7H2,1H3. The van der Waals surface area contributed by atoms with E-state index < -0.39 is 0 Å². The molecule has 90 valence electrons. The van der Waals surface area contributed by atoms with Gasteiger partial charge in [0.1, 0.15) is 6.33 Å². The highest BCUT2D eigenvalue weighted by Crippen LogP contribution is 2.18. The first kappa shape index (κ1) is 10.6. The second kappa shape index (κ2) is 4.40. The van der Waals surface area contributed by atoms with Crippen LogP contribution in [0.25, 0.3) is 11.2 Å². The zero-order valence-corrected chi connectivity index (χ0v) is 9.82. The fraction of sp³-hybridized carbons (Fsp3) is 0.167. The summed E-state index contributed by atoms with van der Waals surface area (Å²) in [7, 11) is 1.55. The van der Waals surface area contributed by atoms with Gasteiger partial charge in [0.05, 0.1) is 13.7 Å². The average Bonchev–Trinajstić information content (AvgIpc) is 2.83. The van der Waals surface area contributed by atoms with E-state index in [-0.39, 0.29) is 0 Å². The fourth-order valence-electron chi connectivity index (χ4n) is 1.78. The molecule has 0 radical (unpaired) electrons. The van der Waals surface area contributed by atoms with Crippen LogP contribution in [0.2, 0.25) is 0 Å². The summed E-state index contributed by atoms with van der Waals surface area (Å²) in [6.45, 7) is 0.623. The lowest BCUT2D eigenvalue weighted by molar-refractivity contribution is 0.401. The van der Waals surface area contributed by atoms with Crippen LogP contribution in [0.5, 0.6) is 5.88 Å². The van der Waals surface area contributed by atoms with Crippen molar-refractivity contribution in [2.45, 2.75) is 6.54 Å². The first-order valence-electron chi connectivity index (χ1n) is 5.50. The van der Waals surface area contributed by atoms with Gasteiger partial charge >= 0.3 is 0 Å². The minimum Gasteiger partial charge on any atom is -0.479 e. The first-order valence-corrected chi connectivity index (χ1v) is 5.50. The molecular formula is C12H11N5O. The van der Waals surface area contributed by atoms with Gasteiger partial charge in [0.15, 0.2) is 11.2 Å². The van der Waals surface area contributed by atoms with Gasteiger partial charge < -0.3 is 4.74 Å². The molecule has 0 aliphatic rings. The maximum absolute atomic E-state index is 5.12. The van der Waals surface area contributed by atoms with Crippen LogP contribution in [0.15, 0.2) is 36.7 Å². The molecule has 0 bridgehead atoms. The Balaban J connectivity index is 2.03. The summed E-state index contributed by atoms with van der Waals surface area (Å²) in [6, 6.07) is 10.0. The van der Waals surface area contributed by atoms with E-state index in [9.17, 15) is 0 Å². The van der Waals surface area contributed by atoms with Gasteiger partial charge in [0, 0.05) is 0 Å². The van der Waals surface area contributed by atoms with Crippen molar-refractivity contribution in [1.29, 1.82) is 0 Å². The molecule has 0 unspecified atom stereocenters. The van der Waals surface area contributed by atoms with Gasteiger partial charge in [0.2, 0.25) is 5.88 Å². The number of methoxy groups -OCH3 is 1. The number of rotatable bonds is 3. The smallest absolute Gasteiger partial charge is 0.247 e. The van der Waals surface area contributed by atoms with E-state index in [1.807, 2.05) is 30.3 Å². The van der Waals surface area contributed by atoms with Crippen LogP contribution in [0, 0.1) is 0 Å². The Morgan fingerprint density at radius 1 is 1.17 bits per heavy atom. The number of ether oxygens (including phenoxy) is 1. The Morgan fingerprint density at radius 3 is 2.78 bits per heavy atom. The van der Waals surface area contributed by atoms with Crippen molar-refractivity contribution in [3.8, 4) is 5.88 Å². The average molecular weight is 241 g/mol. The third-order valence-electron chi connectivity index (χ3n) is 2.64. The van der Waals surface area contributed by atoms with Gasteiger partial charge in [-0.3, -0.25) is 0 Å². The summed E-state index contributed by atoms with van der Waals surface area (Å²) in [5.41, 5.74) is 2.39. The van der Waals surface area contributed by atoms with Gasteiger partial charge in [-0.05, 0) is 5.56 Å². The molecule has 2 aromatic heterocycles. The lowest BCUT2D eigenvalue weighted by Crippen LogP contribution is -2.02. The Labute approximate surface area is 103 Å². The summed E-state index contributed by atoms with van der Waals surface area (Å²) in [6.07, 6.45) is 1.45. The SMILES string of the molecule is COc1ncnc2c1nnn2Cc1ccccc1. The minimum absolute atomic E-state index is 0.444. The van der Waals surface area contributed by atoms with E-state index >= 15 is 0 Å². The van der Waals surface area contributed by atoms with Crippen LogP contribution >= 0.6 is 0 Å². The Kier molecular flexibility index (Phi) is 2.60. The third kappa shape index (κ3) is 1.77. The number of aromatic nitrogens is 5. The molecule has 3 rings (SSSR count). The van der Waals surface area contributed by atoms with E-state index in [4.69, 9.17) is 4.74 Å². The molecule has 1 aromatic carbocycles. The molecule has 0 atom stereocenters. The summed E-state index contributed by atoms with van der Waals surface area (Å²) >= 11 is 0. The molecule has 2 heterocycles. The van der Waals surface area contributed by atoms with Crippen molar-refractivity contribution >= 4 is 11.2 Å². The lowest BCUT2D eigenvalue weighted by Gasteiger charge is -2.02. The number of fused-ring (bicyclic) bond motifs is 1. The van der Waals surface area contributed by atoms with Crippen molar-refractivity contribution in [3.63, 3.8) is 0 Å². The van der Waals surface area contributed by atoms with Crippen LogP contribution in [0.3, 0.4) is 0 Å². The zero-order valence-electron chi connectivity index (χ0n) is 9.82. The monoisotopic (exact) mass is 241 g/mol. The van der Waals surface area contributed by atoms with Crippen molar-refractivity contribution < 1.29 is 4.74 Å². The van der Waals surface area contributed by atoms with Gasteiger partial charge in [-0.15, -0.1) is 5.10 Å². The molecule has 0 aliphatic heterocycles. The molecule has 0 saturated heterocycles. The van der Waals surface area contributed by atoms with Crippen LogP contribution in [-0.4, -0.2) is 32.1 Å². The predicted octanol–water partition coefficient (Wildman–Crippen LogP) is 1.28. The molecule has 0 N–H and O–H groups in total. The van der Waals surface area contributed by atoms with Crippen molar-refractivity contribution in [2.75, 3.05) is 7.11 Å². The predicted molar refractivity (Wildman–Crippen MR) is 65.2 cm³/mol. The highest BCUT2D eigenvalue weighted by atomic mass is 16.5. The van der Waals surface area contributed by atoms with Crippen molar-refractivity contribution in [2.24, 2.45) is 0 Å². The second-order valence-electron chi connectivity index (χ2n) is 3.79. The number of nitrogens with zero attached hydrogens (tertiary/aromatic N) is 5. The molecule has 0 aliphatic carbocycles. The van der Waals surface area contributed by atoms with Gasteiger partial charge in [-0.1, -0.05) is 35.5 Å². The molecule has 0 saturated carbocycles. The summed E-state index contributed by atoms with van der Waals surface area (Å²) in [4.78, 5) is 8.19. The maximum atomic E-state index is 5.12. The second-order valence-corrected chi connectivity index (χ2v) is 3.79. The number of benzene rings is 1. The molecule has 0 fully saturated rings. The Morgan fingerprint density at radius 2 is 2.00 bits per heavy atom. The van der Waals surface area contributed by atoms with Crippen LogP contribution in [0.1, 0.15) is 5.56 Å². The Hall–Kier alpha value is -2.50. The number of hydrogen-bond donors (Lipinski definition) is 0. The van der Waals surface area contributed by atoms with E-state index in [1.54, 1.807) is 11.8 Å². The van der Waals surface area contributed by atoms with Gasteiger partial charge in [-0.25, -0.2) is 9.67 Å². The summed E-state index contributed by atoms with van der Waals surface area (Å²) in [5, 5.41) is 8.13. The normalized spacial score (nSPS) is 10.7. The highest BCUT2D eigenvalue weighted by Gasteiger charge is 2.11. The summed E-state index contributed by atoms with van der Waals surface area (Å²) < 4.78 is 6.86. The largest absolute Gasteiger partial charge is 0.479 e. The van der Waals surface area contributed by atoms with Crippen LogP contribution < -0.4 is 4.74 Å². The molecule has 0 amide bonds. The summed E-state index contributed by atoms with van der Waals surface area (Å²) in [5.74, 6) is 0.444. The molecule has 6 nitrogen and oxygen atoms in total. The fourth-order valence-corrected chi connectivity index (χ4v) is 1.78. The maximum Gasteiger partial charge on any atom is 0.247 e. The van der Waals surface area contributed by atoms with Gasteiger partial charge in [0.25, 0.3) is 0 Å². The molecular weight excluding hydrogens is 230 g/mol. The van der Waals surface area contributed by atoms with Crippen LogP contribution in [-0.2, 0) is 6.54 Å². The van der Waals surface area contributed by atoms with E-state index in [0.29, 0.717) is 23.6 Å². The third-order valence-corrected chi connectivity index (χ3v) is 2.64. The minimum atomic E-state index is 0.444. The number of hydrogen-bond acceptors (Lipinski definition) is 5. The molecule has 18 heavy (non-hydrogen) atoms. The van der Waals surface area contributed by atoms with E-state index in [1.165, 1.54) is 6.33 Å². The quantitative estimate of drug-likeness (QED) is 0.691. The van der Waals surface area contributed by atoms with Crippen LogP contribution in [0.4, 0.5) is 0 Å². The van der Waals surface area contributed by atoms with Crippen molar-refractivity contribution in [3.05, 3.63) is 42.2 Å². The lowest BCUT2D eigenvalue weighted by atomic mass is 10.2. The molecule has 0 spiro atoms. The zero-order chi connectivity index (χ0) is 12.4. The van der Waals surface area contributed by atoms with Crippen molar-refractivity contribution in [1.82, 2.24) is 25.0 Å². The molecule has 6 heteroatoms. The van der Waals surface area contributed by atoms with E-state index in [2.05, 4.69) is 20.3 Å². The topological polar surface area (TPSA) is 65.7 Å². The highest BCUT2D eigenvalue weighted by molar-refractivity contribution is 5.74. The Bertz CT molecular complexity index is 665.